The fourth-order valence-corrected chi connectivity index (χ4v) is 1.24. The first-order valence-corrected chi connectivity index (χ1v) is 3.95. The van der Waals surface area contributed by atoms with Crippen LogP contribution in [-0.4, -0.2) is 30.6 Å². The van der Waals surface area contributed by atoms with Crippen molar-refractivity contribution in [2.24, 2.45) is 11.5 Å². The zero-order valence-electron chi connectivity index (χ0n) is 7.00. The SMILES string of the molecule is NC(=O)C(N)CC1CC(F)(F)CO1. The predicted octanol–water partition coefficient (Wildman–Crippen LogP) is -0.387. The summed E-state index contributed by atoms with van der Waals surface area (Å²) in [7, 11) is 0. The summed E-state index contributed by atoms with van der Waals surface area (Å²) in [5.74, 6) is -3.49. The van der Waals surface area contributed by atoms with Gasteiger partial charge >= 0.3 is 0 Å². The van der Waals surface area contributed by atoms with E-state index in [0.717, 1.165) is 0 Å². The average Bonchev–Trinajstić information content (AvgIpc) is 2.30. The van der Waals surface area contributed by atoms with E-state index >= 15 is 0 Å². The van der Waals surface area contributed by atoms with Gasteiger partial charge in [0.15, 0.2) is 0 Å². The Bertz CT molecular complexity index is 211. The van der Waals surface area contributed by atoms with Crippen LogP contribution in [0.15, 0.2) is 0 Å². The van der Waals surface area contributed by atoms with Crippen molar-refractivity contribution >= 4 is 5.91 Å². The van der Waals surface area contributed by atoms with E-state index in [1.165, 1.54) is 0 Å². The third-order valence-corrected chi connectivity index (χ3v) is 1.94. The van der Waals surface area contributed by atoms with Gasteiger partial charge in [-0.3, -0.25) is 4.79 Å². The Morgan fingerprint density at radius 3 is 2.69 bits per heavy atom. The molecule has 2 unspecified atom stereocenters. The topological polar surface area (TPSA) is 78.3 Å². The van der Waals surface area contributed by atoms with Crippen LogP contribution in [0.3, 0.4) is 0 Å². The molecule has 0 aromatic heterocycles. The highest BCUT2D eigenvalue weighted by Gasteiger charge is 2.41. The second-order valence-electron chi connectivity index (χ2n) is 3.24. The summed E-state index contributed by atoms with van der Waals surface area (Å²) in [4.78, 5) is 10.5. The molecule has 0 aromatic rings. The van der Waals surface area contributed by atoms with Crippen LogP contribution in [0, 0.1) is 0 Å². The molecule has 1 aliphatic heterocycles. The number of ether oxygens (including phenoxy) is 1. The van der Waals surface area contributed by atoms with Crippen LogP contribution in [0.4, 0.5) is 8.78 Å². The number of halogens is 2. The van der Waals surface area contributed by atoms with Gasteiger partial charge in [0.1, 0.15) is 6.61 Å². The standard InChI is InChI=1S/C7H12F2N2O2/c8-7(9)2-4(13-3-7)1-5(10)6(11)12/h4-5H,1-3,10H2,(H2,11,12). The molecule has 0 bridgehead atoms. The van der Waals surface area contributed by atoms with Crippen LogP contribution in [0.2, 0.25) is 0 Å². The molecular formula is C7H12F2N2O2. The van der Waals surface area contributed by atoms with Gasteiger partial charge in [-0.1, -0.05) is 0 Å². The molecule has 1 saturated heterocycles. The summed E-state index contributed by atoms with van der Waals surface area (Å²) in [6.07, 6.45) is -0.976. The maximum Gasteiger partial charge on any atom is 0.273 e. The molecule has 1 heterocycles. The normalized spacial score (nSPS) is 28.7. The Balaban J connectivity index is 2.36. The molecule has 1 aliphatic rings. The second kappa shape index (κ2) is 3.55. The molecule has 6 heteroatoms. The zero-order chi connectivity index (χ0) is 10.1. The number of carbonyl (C=O) groups excluding carboxylic acids is 1. The third-order valence-electron chi connectivity index (χ3n) is 1.94. The average molecular weight is 194 g/mol. The monoisotopic (exact) mass is 194 g/mol. The lowest BCUT2D eigenvalue weighted by Crippen LogP contribution is -2.39. The number of hydrogen-bond donors (Lipinski definition) is 2. The van der Waals surface area contributed by atoms with Crippen molar-refractivity contribution in [2.45, 2.75) is 30.9 Å². The Hall–Kier alpha value is -0.750. The van der Waals surface area contributed by atoms with Crippen LogP contribution < -0.4 is 11.5 Å². The van der Waals surface area contributed by atoms with Crippen molar-refractivity contribution in [3.8, 4) is 0 Å². The number of amides is 1. The molecule has 0 saturated carbocycles. The van der Waals surface area contributed by atoms with E-state index in [1.54, 1.807) is 0 Å². The number of primary amides is 1. The van der Waals surface area contributed by atoms with E-state index in [1.807, 2.05) is 0 Å². The minimum Gasteiger partial charge on any atom is -0.372 e. The van der Waals surface area contributed by atoms with Gasteiger partial charge in [0.25, 0.3) is 5.92 Å². The quantitative estimate of drug-likeness (QED) is 0.642. The van der Waals surface area contributed by atoms with Crippen LogP contribution in [0.1, 0.15) is 12.8 Å². The molecule has 76 valence electrons. The molecule has 1 fully saturated rings. The number of hydrogen-bond acceptors (Lipinski definition) is 3. The van der Waals surface area contributed by atoms with Gasteiger partial charge < -0.3 is 16.2 Å². The van der Waals surface area contributed by atoms with Crippen LogP contribution in [0.25, 0.3) is 0 Å². The lowest BCUT2D eigenvalue weighted by Gasteiger charge is -2.12. The number of alkyl halides is 2. The lowest BCUT2D eigenvalue weighted by atomic mass is 10.1. The van der Waals surface area contributed by atoms with E-state index < -0.39 is 30.6 Å². The molecular weight excluding hydrogens is 182 g/mol. The van der Waals surface area contributed by atoms with Crippen molar-refractivity contribution in [3.63, 3.8) is 0 Å². The van der Waals surface area contributed by atoms with E-state index in [4.69, 9.17) is 16.2 Å². The van der Waals surface area contributed by atoms with Crippen molar-refractivity contribution in [2.75, 3.05) is 6.61 Å². The first-order chi connectivity index (χ1) is 5.91. The first-order valence-electron chi connectivity index (χ1n) is 3.95. The van der Waals surface area contributed by atoms with Crippen molar-refractivity contribution in [3.05, 3.63) is 0 Å². The fraction of sp³-hybridized carbons (Fsp3) is 0.857. The molecule has 1 amide bonds. The van der Waals surface area contributed by atoms with Gasteiger partial charge in [0, 0.05) is 6.42 Å². The van der Waals surface area contributed by atoms with Gasteiger partial charge in [-0.15, -0.1) is 0 Å². The molecule has 2 atom stereocenters. The second-order valence-corrected chi connectivity index (χ2v) is 3.24. The summed E-state index contributed by atoms with van der Waals surface area (Å²) < 4.78 is 29.9. The smallest absolute Gasteiger partial charge is 0.273 e. The summed E-state index contributed by atoms with van der Waals surface area (Å²) in [5.41, 5.74) is 10.2. The van der Waals surface area contributed by atoms with Crippen molar-refractivity contribution in [1.29, 1.82) is 0 Å². The van der Waals surface area contributed by atoms with E-state index in [9.17, 15) is 13.6 Å². The predicted molar refractivity (Wildman–Crippen MR) is 41.1 cm³/mol. The Morgan fingerprint density at radius 1 is 1.69 bits per heavy atom. The van der Waals surface area contributed by atoms with Crippen molar-refractivity contribution < 1.29 is 18.3 Å². The Labute approximate surface area is 74.2 Å². The van der Waals surface area contributed by atoms with Crippen LogP contribution >= 0.6 is 0 Å². The van der Waals surface area contributed by atoms with Gasteiger partial charge in [0.2, 0.25) is 5.91 Å². The minimum atomic E-state index is -2.79. The van der Waals surface area contributed by atoms with E-state index in [2.05, 4.69) is 0 Å². The molecule has 1 rings (SSSR count). The molecule has 4 nitrogen and oxygen atoms in total. The van der Waals surface area contributed by atoms with Crippen LogP contribution in [-0.2, 0) is 9.53 Å². The van der Waals surface area contributed by atoms with E-state index in [0.29, 0.717) is 0 Å². The van der Waals surface area contributed by atoms with Gasteiger partial charge in [0.05, 0.1) is 12.1 Å². The summed E-state index contributed by atoms with van der Waals surface area (Å²) in [6, 6.07) is -0.904. The summed E-state index contributed by atoms with van der Waals surface area (Å²) in [6.45, 7) is -0.594. The number of nitrogens with two attached hydrogens (primary N) is 2. The van der Waals surface area contributed by atoms with Gasteiger partial charge in [-0.05, 0) is 6.42 Å². The maximum atomic E-state index is 12.6. The Morgan fingerprint density at radius 2 is 2.31 bits per heavy atom. The first kappa shape index (κ1) is 10.3. The summed E-state index contributed by atoms with van der Waals surface area (Å²) >= 11 is 0. The highest BCUT2D eigenvalue weighted by molar-refractivity contribution is 5.79. The fourth-order valence-electron chi connectivity index (χ4n) is 1.24. The lowest BCUT2D eigenvalue weighted by molar-refractivity contribution is -0.120. The Kier molecular flexibility index (Phi) is 2.82. The molecule has 13 heavy (non-hydrogen) atoms. The molecule has 0 aromatic carbocycles. The van der Waals surface area contributed by atoms with Gasteiger partial charge in [-0.2, -0.15) is 0 Å². The molecule has 0 radical (unpaired) electrons. The molecule has 0 aliphatic carbocycles. The largest absolute Gasteiger partial charge is 0.372 e. The third kappa shape index (κ3) is 2.89. The van der Waals surface area contributed by atoms with Crippen molar-refractivity contribution in [1.82, 2.24) is 0 Å². The highest BCUT2D eigenvalue weighted by Crippen LogP contribution is 2.31. The number of rotatable bonds is 3. The number of carbonyl (C=O) groups is 1. The van der Waals surface area contributed by atoms with Gasteiger partial charge in [-0.25, -0.2) is 8.78 Å². The zero-order valence-corrected chi connectivity index (χ0v) is 7.00. The van der Waals surface area contributed by atoms with E-state index in [-0.39, 0.29) is 12.8 Å². The molecule has 0 spiro atoms. The highest BCUT2D eigenvalue weighted by atomic mass is 19.3. The molecule has 4 N–H and O–H groups in total. The minimum absolute atomic E-state index is 0.0604. The van der Waals surface area contributed by atoms with Crippen LogP contribution in [0.5, 0.6) is 0 Å². The summed E-state index contributed by atoms with van der Waals surface area (Å²) in [5, 5.41) is 0. The maximum absolute atomic E-state index is 12.6.